The van der Waals surface area contributed by atoms with E-state index in [2.05, 4.69) is 25.9 Å². The highest BCUT2D eigenvalue weighted by Gasteiger charge is 2.16. The summed E-state index contributed by atoms with van der Waals surface area (Å²) in [6.07, 6.45) is 1.48. The molecule has 8 heteroatoms. The van der Waals surface area contributed by atoms with Gasteiger partial charge in [0.1, 0.15) is 5.75 Å². The summed E-state index contributed by atoms with van der Waals surface area (Å²) in [4.78, 5) is 18.4. The number of halogens is 1. The molecule has 0 saturated heterocycles. The summed E-state index contributed by atoms with van der Waals surface area (Å²) in [5, 5.41) is 10.9. The van der Waals surface area contributed by atoms with E-state index in [-0.39, 0.29) is 11.7 Å². The van der Waals surface area contributed by atoms with Crippen LogP contribution >= 0.6 is 15.9 Å². The predicted octanol–water partition coefficient (Wildman–Crippen LogP) is 3.26. The van der Waals surface area contributed by atoms with Crippen LogP contribution in [0.15, 0.2) is 28.9 Å². The van der Waals surface area contributed by atoms with Gasteiger partial charge in [0.15, 0.2) is 0 Å². The molecule has 2 rings (SSSR count). The maximum absolute atomic E-state index is 10.9. The molecule has 0 radical (unpaired) electrons. The van der Waals surface area contributed by atoms with Crippen molar-refractivity contribution in [3.05, 3.63) is 44.5 Å². The van der Waals surface area contributed by atoms with Gasteiger partial charge in [-0.1, -0.05) is 6.07 Å². The fourth-order valence-electron chi connectivity index (χ4n) is 1.54. The Kier molecular flexibility index (Phi) is 4.14. The van der Waals surface area contributed by atoms with Gasteiger partial charge in [-0.2, -0.15) is 4.98 Å². The Balaban J connectivity index is 2.35. The van der Waals surface area contributed by atoms with Crippen molar-refractivity contribution in [2.45, 2.75) is 6.92 Å². The van der Waals surface area contributed by atoms with Crippen LogP contribution in [0.1, 0.15) is 5.56 Å². The number of ether oxygens (including phenoxy) is 2. The van der Waals surface area contributed by atoms with Crippen LogP contribution in [-0.2, 0) is 0 Å². The topological polar surface area (TPSA) is 87.4 Å². The maximum Gasteiger partial charge on any atom is 0.325 e. The van der Waals surface area contributed by atoms with Crippen molar-refractivity contribution in [1.82, 2.24) is 9.97 Å². The number of methoxy groups -OCH3 is 1. The Bertz CT molecular complexity index is 663. The van der Waals surface area contributed by atoms with Gasteiger partial charge >= 0.3 is 6.01 Å². The zero-order valence-electron chi connectivity index (χ0n) is 10.7. The monoisotopic (exact) mass is 339 g/mol. The lowest BCUT2D eigenvalue weighted by molar-refractivity contribution is -0.385. The summed E-state index contributed by atoms with van der Waals surface area (Å²) < 4.78 is 11.1. The Morgan fingerprint density at radius 3 is 2.80 bits per heavy atom. The Hall–Kier alpha value is -2.22. The van der Waals surface area contributed by atoms with E-state index in [0.29, 0.717) is 21.7 Å². The molecular formula is C12H10BrN3O4. The van der Waals surface area contributed by atoms with Gasteiger partial charge in [0.05, 0.1) is 28.3 Å². The quantitative estimate of drug-likeness (QED) is 0.627. The number of nitrogens with zero attached hydrogens (tertiary/aromatic N) is 3. The van der Waals surface area contributed by atoms with Crippen molar-refractivity contribution in [3.63, 3.8) is 0 Å². The molecule has 0 saturated carbocycles. The van der Waals surface area contributed by atoms with Crippen molar-refractivity contribution in [2.24, 2.45) is 0 Å². The first-order valence-corrected chi connectivity index (χ1v) is 6.30. The summed E-state index contributed by atoms with van der Waals surface area (Å²) in [5.41, 5.74) is 0.384. The number of hydrogen-bond donors (Lipinski definition) is 0. The number of benzene rings is 1. The average molecular weight is 340 g/mol. The van der Waals surface area contributed by atoms with Crippen molar-refractivity contribution < 1.29 is 14.4 Å². The minimum atomic E-state index is -0.467. The van der Waals surface area contributed by atoms with Crippen LogP contribution < -0.4 is 9.47 Å². The highest BCUT2D eigenvalue weighted by atomic mass is 79.9. The number of rotatable bonds is 4. The van der Waals surface area contributed by atoms with Gasteiger partial charge in [0, 0.05) is 6.07 Å². The maximum atomic E-state index is 10.9. The summed E-state index contributed by atoms with van der Waals surface area (Å²) in [6.45, 7) is 1.60. The van der Waals surface area contributed by atoms with Crippen LogP contribution in [0.25, 0.3) is 0 Å². The van der Waals surface area contributed by atoms with Gasteiger partial charge in [-0.05, 0) is 28.9 Å². The van der Waals surface area contributed by atoms with Gasteiger partial charge in [-0.3, -0.25) is 10.1 Å². The number of nitro groups is 1. The second kappa shape index (κ2) is 5.83. The average Bonchev–Trinajstić information content (AvgIpc) is 2.42. The lowest BCUT2D eigenvalue weighted by Crippen LogP contribution is -1.98. The highest BCUT2D eigenvalue weighted by Crippen LogP contribution is 2.31. The molecule has 0 aliphatic heterocycles. The summed E-state index contributed by atoms with van der Waals surface area (Å²) >= 11 is 3.23. The molecule has 0 N–H and O–H groups in total. The van der Waals surface area contributed by atoms with Crippen molar-refractivity contribution >= 4 is 21.6 Å². The number of nitro benzene ring substituents is 1. The number of aromatic nitrogens is 2. The zero-order valence-corrected chi connectivity index (χ0v) is 12.2. The second-order valence-electron chi connectivity index (χ2n) is 3.77. The van der Waals surface area contributed by atoms with E-state index in [0.717, 1.165) is 0 Å². The normalized spacial score (nSPS) is 10.2. The van der Waals surface area contributed by atoms with E-state index in [4.69, 9.17) is 9.47 Å². The molecule has 1 aromatic carbocycles. The Labute approximate surface area is 122 Å². The third kappa shape index (κ3) is 2.85. The highest BCUT2D eigenvalue weighted by molar-refractivity contribution is 9.10. The zero-order chi connectivity index (χ0) is 14.7. The first-order chi connectivity index (χ1) is 9.52. The van der Waals surface area contributed by atoms with E-state index >= 15 is 0 Å². The van der Waals surface area contributed by atoms with Gasteiger partial charge in [0.25, 0.3) is 5.69 Å². The Morgan fingerprint density at radius 1 is 1.40 bits per heavy atom. The van der Waals surface area contributed by atoms with E-state index < -0.39 is 4.92 Å². The lowest BCUT2D eigenvalue weighted by Gasteiger charge is -2.08. The Morgan fingerprint density at radius 2 is 2.15 bits per heavy atom. The molecule has 104 valence electrons. The second-order valence-corrected chi connectivity index (χ2v) is 4.62. The number of hydrogen-bond acceptors (Lipinski definition) is 6. The third-order valence-corrected chi connectivity index (χ3v) is 3.08. The third-order valence-electron chi connectivity index (χ3n) is 2.54. The molecule has 0 bridgehead atoms. The van der Waals surface area contributed by atoms with Gasteiger partial charge in [-0.15, -0.1) is 0 Å². The van der Waals surface area contributed by atoms with Crippen LogP contribution in [0.4, 0.5) is 5.69 Å². The lowest BCUT2D eigenvalue weighted by atomic mass is 10.2. The van der Waals surface area contributed by atoms with E-state index in [1.807, 2.05) is 0 Å². The van der Waals surface area contributed by atoms with Gasteiger partial charge in [0.2, 0.25) is 5.88 Å². The molecule has 2 aromatic rings. The first kappa shape index (κ1) is 14.2. The smallest absolute Gasteiger partial charge is 0.325 e. The van der Waals surface area contributed by atoms with Crippen LogP contribution in [0.2, 0.25) is 0 Å². The molecule has 1 aromatic heterocycles. The molecule has 0 atom stereocenters. The molecule has 0 aliphatic carbocycles. The molecule has 0 amide bonds. The SMILES string of the molecule is COc1nc(Oc2cccc([N+](=O)[O-])c2C)ncc1Br. The standard InChI is InChI=1S/C12H10BrN3O4/c1-7-9(16(17)18)4-3-5-10(7)20-12-14-6-8(13)11(15-12)19-2/h3-6H,1-2H3. The predicted molar refractivity (Wildman–Crippen MR) is 74.2 cm³/mol. The summed E-state index contributed by atoms with van der Waals surface area (Å²) in [6, 6.07) is 4.61. The minimum Gasteiger partial charge on any atom is -0.480 e. The minimum absolute atomic E-state index is 0.0217. The first-order valence-electron chi connectivity index (χ1n) is 5.51. The molecule has 0 spiro atoms. The summed E-state index contributed by atoms with van der Waals surface area (Å²) in [7, 11) is 1.47. The molecule has 20 heavy (non-hydrogen) atoms. The van der Waals surface area contributed by atoms with E-state index in [1.54, 1.807) is 13.0 Å². The van der Waals surface area contributed by atoms with Crippen molar-refractivity contribution in [2.75, 3.05) is 7.11 Å². The fraction of sp³-hybridized carbons (Fsp3) is 0.167. The van der Waals surface area contributed by atoms with Crippen molar-refractivity contribution in [3.8, 4) is 17.6 Å². The molecule has 0 unspecified atom stereocenters. The molecule has 7 nitrogen and oxygen atoms in total. The van der Waals surface area contributed by atoms with Crippen LogP contribution in [-0.4, -0.2) is 22.0 Å². The van der Waals surface area contributed by atoms with E-state index in [1.165, 1.54) is 25.4 Å². The van der Waals surface area contributed by atoms with Crippen LogP contribution in [0.5, 0.6) is 17.6 Å². The summed E-state index contributed by atoms with van der Waals surface area (Å²) in [5.74, 6) is 0.640. The van der Waals surface area contributed by atoms with Crippen molar-refractivity contribution in [1.29, 1.82) is 0 Å². The molecule has 0 fully saturated rings. The largest absolute Gasteiger partial charge is 0.480 e. The van der Waals surface area contributed by atoms with Gasteiger partial charge < -0.3 is 9.47 Å². The molecular weight excluding hydrogens is 330 g/mol. The van der Waals surface area contributed by atoms with Crippen LogP contribution in [0.3, 0.4) is 0 Å². The molecule has 0 aliphatic rings. The van der Waals surface area contributed by atoms with Gasteiger partial charge in [-0.25, -0.2) is 4.98 Å². The van der Waals surface area contributed by atoms with E-state index in [9.17, 15) is 10.1 Å². The fourth-order valence-corrected chi connectivity index (χ4v) is 1.89. The van der Waals surface area contributed by atoms with Crippen LogP contribution in [0, 0.1) is 17.0 Å². The molecule has 1 heterocycles.